The highest BCUT2D eigenvalue weighted by molar-refractivity contribution is 5.22. The first-order valence-corrected chi connectivity index (χ1v) is 5.83. The Morgan fingerprint density at radius 3 is 2.36 bits per heavy atom. The summed E-state index contributed by atoms with van der Waals surface area (Å²) >= 11 is 0. The van der Waals surface area contributed by atoms with Gasteiger partial charge in [0, 0.05) is 6.61 Å². The zero-order valence-corrected chi connectivity index (χ0v) is 11.1. The summed E-state index contributed by atoms with van der Waals surface area (Å²) in [6.07, 6.45) is -7.11. The summed E-state index contributed by atoms with van der Waals surface area (Å²) in [5.41, 5.74) is 0. The highest BCUT2D eigenvalue weighted by Crippen LogP contribution is 2.33. The van der Waals surface area contributed by atoms with Crippen molar-refractivity contribution in [3.63, 3.8) is 0 Å². The monoisotopic (exact) mass is 340 g/mol. The van der Waals surface area contributed by atoms with Crippen molar-refractivity contribution in [3.05, 3.63) is 23.8 Å². The lowest BCUT2D eigenvalue weighted by Crippen LogP contribution is -2.24. The molecule has 0 aliphatic rings. The third kappa shape index (κ3) is 7.75. The third-order valence-corrected chi connectivity index (χ3v) is 1.95. The number of aliphatic hydroxyl groups excluding tert-OH is 2. The van der Waals surface area contributed by atoms with Gasteiger partial charge in [0.05, 0.1) is 19.8 Å². The van der Waals surface area contributed by atoms with Crippen LogP contribution >= 0.6 is 0 Å². The number of halogens is 6. The van der Waals surface area contributed by atoms with E-state index in [0.29, 0.717) is 0 Å². The number of allylic oxidation sites excluding steroid dienone is 2. The molecule has 0 bridgehead atoms. The standard InChI is InChI=1S/C11H14F6O5/c12-4-8(13)9(14)10(15)11(16,17)22-21-3-1-2-20-6-7(19)5-18/h4,7,18-19H,1-3,5-6H2/b8-4-,10-9+. The van der Waals surface area contributed by atoms with E-state index in [4.69, 9.17) is 14.9 Å². The highest BCUT2D eigenvalue weighted by atomic mass is 19.3. The van der Waals surface area contributed by atoms with Gasteiger partial charge in [-0.25, -0.2) is 18.1 Å². The van der Waals surface area contributed by atoms with Crippen LogP contribution in [0.3, 0.4) is 0 Å². The van der Waals surface area contributed by atoms with Gasteiger partial charge in [0.1, 0.15) is 12.4 Å². The summed E-state index contributed by atoms with van der Waals surface area (Å²) in [5.74, 6) is -8.20. The molecule has 0 aliphatic carbocycles. The van der Waals surface area contributed by atoms with Gasteiger partial charge in [-0.3, -0.25) is 0 Å². The van der Waals surface area contributed by atoms with Gasteiger partial charge in [-0.2, -0.15) is 18.1 Å². The SMILES string of the molecule is OCC(O)COCCCOOC(F)(F)/C(F)=C(F)/C(F)=C/F. The second kappa shape index (κ2) is 10.6. The molecule has 0 rings (SSSR count). The lowest BCUT2D eigenvalue weighted by atomic mass is 10.4. The molecule has 0 heterocycles. The summed E-state index contributed by atoms with van der Waals surface area (Å²) in [7, 11) is 0. The summed E-state index contributed by atoms with van der Waals surface area (Å²) in [4.78, 5) is 7.19. The van der Waals surface area contributed by atoms with E-state index in [1.54, 1.807) is 0 Å². The van der Waals surface area contributed by atoms with Crippen LogP contribution in [-0.2, 0) is 14.5 Å². The van der Waals surface area contributed by atoms with E-state index in [1.165, 1.54) is 0 Å². The molecule has 0 aromatic rings. The average Bonchev–Trinajstić information content (AvgIpc) is 2.51. The van der Waals surface area contributed by atoms with Crippen LogP contribution in [0.25, 0.3) is 0 Å². The predicted octanol–water partition coefficient (Wildman–Crippen LogP) is 2.22. The Labute approximate surface area is 121 Å². The fourth-order valence-electron chi connectivity index (χ4n) is 0.925. The smallest absolute Gasteiger partial charge is 0.394 e. The van der Waals surface area contributed by atoms with Crippen LogP contribution in [0, 0.1) is 0 Å². The maximum Gasteiger partial charge on any atom is 0.437 e. The Morgan fingerprint density at radius 1 is 1.18 bits per heavy atom. The van der Waals surface area contributed by atoms with E-state index >= 15 is 0 Å². The summed E-state index contributed by atoms with van der Waals surface area (Å²) in [6.45, 7) is -1.32. The zero-order valence-electron chi connectivity index (χ0n) is 11.1. The van der Waals surface area contributed by atoms with Gasteiger partial charge in [0.15, 0.2) is 5.83 Å². The molecule has 1 atom stereocenters. The number of alkyl halides is 2. The van der Waals surface area contributed by atoms with Crippen molar-refractivity contribution in [2.24, 2.45) is 0 Å². The molecule has 11 heteroatoms. The van der Waals surface area contributed by atoms with Crippen LogP contribution in [0.4, 0.5) is 26.3 Å². The summed E-state index contributed by atoms with van der Waals surface area (Å²) < 4.78 is 79.7. The Morgan fingerprint density at radius 2 is 1.82 bits per heavy atom. The molecule has 0 amide bonds. The van der Waals surface area contributed by atoms with Gasteiger partial charge in [-0.15, -0.1) is 0 Å². The molecule has 0 radical (unpaired) electrons. The minimum Gasteiger partial charge on any atom is -0.394 e. The van der Waals surface area contributed by atoms with Crippen molar-refractivity contribution in [2.75, 3.05) is 26.4 Å². The highest BCUT2D eigenvalue weighted by Gasteiger charge is 2.42. The third-order valence-electron chi connectivity index (χ3n) is 1.95. The first-order chi connectivity index (χ1) is 10.3. The first kappa shape index (κ1) is 20.9. The van der Waals surface area contributed by atoms with E-state index in [1.807, 2.05) is 0 Å². The van der Waals surface area contributed by atoms with E-state index in [0.717, 1.165) is 0 Å². The maximum absolute atomic E-state index is 12.9. The van der Waals surface area contributed by atoms with Gasteiger partial charge in [-0.1, -0.05) is 0 Å². The lowest BCUT2D eigenvalue weighted by Gasteiger charge is -2.14. The van der Waals surface area contributed by atoms with Crippen LogP contribution in [0.1, 0.15) is 6.42 Å². The van der Waals surface area contributed by atoms with Crippen LogP contribution < -0.4 is 0 Å². The Balaban J connectivity index is 4.09. The number of ether oxygens (including phenoxy) is 1. The molecule has 1 unspecified atom stereocenters. The van der Waals surface area contributed by atoms with Gasteiger partial charge >= 0.3 is 6.11 Å². The molecule has 5 nitrogen and oxygen atoms in total. The molecule has 0 fully saturated rings. The van der Waals surface area contributed by atoms with Gasteiger partial charge in [0.2, 0.25) is 11.7 Å². The Bertz CT molecular complexity index is 387. The molecule has 0 saturated carbocycles. The van der Waals surface area contributed by atoms with E-state index in [2.05, 4.69) is 9.78 Å². The lowest BCUT2D eigenvalue weighted by molar-refractivity contribution is -0.429. The number of rotatable bonds is 11. The molecular formula is C11H14F6O5. The minimum atomic E-state index is -4.95. The molecule has 2 N–H and O–H groups in total. The van der Waals surface area contributed by atoms with E-state index in [9.17, 15) is 26.3 Å². The van der Waals surface area contributed by atoms with Crippen LogP contribution in [0.15, 0.2) is 23.8 Å². The van der Waals surface area contributed by atoms with Gasteiger partial charge in [-0.05, 0) is 6.42 Å². The van der Waals surface area contributed by atoms with Gasteiger partial charge < -0.3 is 14.9 Å². The first-order valence-electron chi connectivity index (χ1n) is 5.83. The fourth-order valence-corrected chi connectivity index (χ4v) is 0.925. The van der Waals surface area contributed by atoms with Crippen molar-refractivity contribution in [2.45, 2.75) is 18.6 Å². The molecule has 0 saturated heterocycles. The second-order valence-corrected chi connectivity index (χ2v) is 3.77. The topological polar surface area (TPSA) is 68.2 Å². The minimum absolute atomic E-state index is 0.0270. The molecule has 0 aromatic heterocycles. The number of aliphatic hydroxyl groups is 2. The van der Waals surface area contributed by atoms with Crippen LogP contribution in [-0.4, -0.2) is 48.9 Å². The molecule has 22 heavy (non-hydrogen) atoms. The van der Waals surface area contributed by atoms with Crippen molar-refractivity contribution in [1.82, 2.24) is 0 Å². The van der Waals surface area contributed by atoms with E-state index < -0.39 is 49.2 Å². The normalized spacial score (nSPS) is 15.7. The van der Waals surface area contributed by atoms with Crippen LogP contribution in [0.5, 0.6) is 0 Å². The quantitative estimate of drug-likeness (QED) is 0.198. The molecule has 0 aliphatic heterocycles. The Hall–Kier alpha value is -1.14. The number of hydrogen-bond acceptors (Lipinski definition) is 5. The van der Waals surface area contributed by atoms with Crippen molar-refractivity contribution in [3.8, 4) is 0 Å². The van der Waals surface area contributed by atoms with Gasteiger partial charge in [0.25, 0.3) is 0 Å². The summed E-state index contributed by atoms with van der Waals surface area (Å²) in [5, 5.41) is 17.3. The molecule has 130 valence electrons. The molecular weight excluding hydrogens is 326 g/mol. The van der Waals surface area contributed by atoms with E-state index in [-0.39, 0.29) is 19.6 Å². The van der Waals surface area contributed by atoms with Crippen molar-refractivity contribution < 1.29 is 51.1 Å². The fraction of sp³-hybridized carbons (Fsp3) is 0.636. The number of hydrogen-bond donors (Lipinski definition) is 2. The van der Waals surface area contributed by atoms with Crippen molar-refractivity contribution in [1.29, 1.82) is 0 Å². The zero-order chi connectivity index (χ0) is 17.2. The summed E-state index contributed by atoms with van der Waals surface area (Å²) in [6, 6.07) is 0. The molecule has 0 spiro atoms. The second-order valence-electron chi connectivity index (χ2n) is 3.77. The van der Waals surface area contributed by atoms with Crippen molar-refractivity contribution >= 4 is 0 Å². The maximum atomic E-state index is 12.9. The van der Waals surface area contributed by atoms with Crippen LogP contribution in [0.2, 0.25) is 0 Å². The predicted molar refractivity (Wildman–Crippen MR) is 60.1 cm³/mol. The largest absolute Gasteiger partial charge is 0.437 e. The Kier molecular flexibility index (Phi) is 10.0. The molecule has 0 aromatic carbocycles. The average molecular weight is 340 g/mol.